The quantitative estimate of drug-likeness (QED) is 0.564. The van der Waals surface area contributed by atoms with Gasteiger partial charge in [0.05, 0.1) is 10.6 Å². The zero-order chi connectivity index (χ0) is 23.4. The second kappa shape index (κ2) is 9.91. The van der Waals surface area contributed by atoms with E-state index in [1.54, 1.807) is 4.90 Å². The minimum absolute atomic E-state index is 0.0462. The largest absolute Gasteiger partial charge is 0.336 e. The standard InChI is InChI=1S/C24H23ClFN3O3S/c25-20-9-5-18(6-10-20)17-28-13-15-29(16-14-28)24(30)19-7-11-21(12-8-19)33(31,32)27-23-4-2-1-3-22(23)26/h1-12,27H,13-17H2. The summed E-state index contributed by atoms with van der Waals surface area (Å²) in [6.07, 6.45) is 0. The van der Waals surface area contributed by atoms with E-state index in [9.17, 15) is 17.6 Å². The number of carbonyl (C=O) groups is 1. The first-order valence-corrected chi connectivity index (χ1v) is 12.3. The molecular formula is C24H23ClFN3O3S. The average Bonchev–Trinajstić information content (AvgIpc) is 2.82. The molecule has 1 aliphatic heterocycles. The Morgan fingerprint density at radius 3 is 2.18 bits per heavy atom. The van der Waals surface area contributed by atoms with Gasteiger partial charge >= 0.3 is 0 Å². The van der Waals surface area contributed by atoms with Gasteiger partial charge in [-0.15, -0.1) is 0 Å². The zero-order valence-electron chi connectivity index (χ0n) is 17.7. The Bertz CT molecular complexity index is 1230. The summed E-state index contributed by atoms with van der Waals surface area (Å²) in [6.45, 7) is 3.45. The summed E-state index contributed by atoms with van der Waals surface area (Å²) in [5, 5.41) is 0.705. The molecule has 1 heterocycles. The molecule has 0 atom stereocenters. The van der Waals surface area contributed by atoms with Crippen LogP contribution in [0.25, 0.3) is 0 Å². The van der Waals surface area contributed by atoms with Crippen molar-refractivity contribution in [2.75, 3.05) is 30.9 Å². The molecule has 1 aliphatic rings. The number of rotatable bonds is 6. The van der Waals surface area contributed by atoms with E-state index in [2.05, 4.69) is 9.62 Å². The highest BCUT2D eigenvalue weighted by atomic mass is 35.5. The van der Waals surface area contributed by atoms with Crippen molar-refractivity contribution in [2.45, 2.75) is 11.4 Å². The molecule has 33 heavy (non-hydrogen) atoms. The zero-order valence-corrected chi connectivity index (χ0v) is 19.3. The molecule has 1 saturated heterocycles. The number of anilines is 1. The Kier molecular flexibility index (Phi) is 6.97. The highest BCUT2D eigenvalue weighted by molar-refractivity contribution is 7.92. The summed E-state index contributed by atoms with van der Waals surface area (Å²) in [5.74, 6) is -0.810. The first-order valence-electron chi connectivity index (χ1n) is 10.5. The highest BCUT2D eigenvalue weighted by Gasteiger charge is 2.23. The van der Waals surface area contributed by atoms with Gasteiger partial charge in [0.1, 0.15) is 5.82 Å². The lowest BCUT2D eigenvalue weighted by Crippen LogP contribution is -2.48. The van der Waals surface area contributed by atoms with Crippen LogP contribution in [0.2, 0.25) is 5.02 Å². The molecule has 0 radical (unpaired) electrons. The first-order chi connectivity index (χ1) is 15.8. The van der Waals surface area contributed by atoms with Gasteiger partial charge in [0.2, 0.25) is 0 Å². The monoisotopic (exact) mass is 487 g/mol. The SMILES string of the molecule is O=C(c1ccc(S(=O)(=O)Nc2ccccc2F)cc1)N1CCN(Cc2ccc(Cl)cc2)CC1. The van der Waals surface area contributed by atoms with E-state index in [4.69, 9.17) is 11.6 Å². The van der Waals surface area contributed by atoms with Gasteiger partial charge < -0.3 is 4.90 Å². The molecule has 0 unspecified atom stereocenters. The molecule has 1 amide bonds. The molecule has 172 valence electrons. The fourth-order valence-corrected chi connectivity index (χ4v) is 4.86. The van der Waals surface area contributed by atoms with Crippen LogP contribution in [-0.4, -0.2) is 50.3 Å². The van der Waals surface area contributed by atoms with Crippen molar-refractivity contribution in [1.82, 2.24) is 9.80 Å². The molecule has 1 N–H and O–H groups in total. The lowest BCUT2D eigenvalue weighted by Gasteiger charge is -2.34. The van der Waals surface area contributed by atoms with Crippen molar-refractivity contribution in [3.05, 3.63) is 94.8 Å². The maximum atomic E-state index is 13.8. The average molecular weight is 488 g/mol. The van der Waals surface area contributed by atoms with Crippen LogP contribution in [0.5, 0.6) is 0 Å². The van der Waals surface area contributed by atoms with Gasteiger partial charge in [-0.1, -0.05) is 35.9 Å². The van der Waals surface area contributed by atoms with E-state index < -0.39 is 15.8 Å². The van der Waals surface area contributed by atoms with Gasteiger partial charge in [-0.25, -0.2) is 12.8 Å². The van der Waals surface area contributed by atoms with E-state index in [0.29, 0.717) is 23.7 Å². The van der Waals surface area contributed by atoms with Gasteiger partial charge in [0.15, 0.2) is 0 Å². The minimum atomic E-state index is -3.97. The minimum Gasteiger partial charge on any atom is -0.336 e. The van der Waals surface area contributed by atoms with Crippen LogP contribution in [0.15, 0.2) is 77.7 Å². The predicted molar refractivity (Wildman–Crippen MR) is 126 cm³/mol. The maximum absolute atomic E-state index is 13.8. The van der Waals surface area contributed by atoms with Crippen LogP contribution in [0, 0.1) is 5.82 Å². The third kappa shape index (κ3) is 5.71. The van der Waals surface area contributed by atoms with Crippen molar-refractivity contribution < 1.29 is 17.6 Å². The molecule has 3 aromatic rings. The number of piperazine rings is 1. The Morgan fingerprint density at radius 1 is 0.909 bits per heavy atom. The van der Waals surface area contributed by atoms with Crippen molar-refractivity contribution >= 4 is 33.2 Å². The molecule has 9 heteroatoms. The predicted octanol–water partition coefficient (Wildman–Crippen LogP) is 4.24. The normalized spacial score (nSPS) is 14.8. The number of amides is 1. The summed E-state index contributed by atoms with van der Waals surface area (Å²) in [5.41, 5.74) is 1.44. The molecule has 0 bridgehead atoms. The number of para-hydroxylation sites is 1. The number of sulfonamides is 1. The lowest BCUT2D eigenvalue weighted by atomic mass is 10.1. The molecule has 0 aromatic heterocycles. The number of halogens is 2. The smallest absolute Gasteiger partial charge is 0.261 e. The summed E-state index contributed by atoms with van der Waals surface area (Å²) < 4.78 is 41.1. The van der Waals surface area contributed by atoms with Crippen LogP contribution < -0.4 is 4.72 Å². The number of carbonyl (C=O) groups excluding carboxylic acids is 1. The van der Waals surface area contributed by atoms with Gasteiger partial charge in [-0.3, -0.25) is 14.4 Å². The van der Waals surface area contributed by atoms with Crippen LogP contribution in [-0.2, 0) is 16.6 Å². The second-order valence-corrected chi connectivity index (χ2v) is 9.92. The third-order valence-electron chi connectivity index (χ3n) is 5.51. The Balaban J connectivity index is 1.35. The molecule has 6 nitrogen and oxygen atoms in total. The van der Waals surface area contributed by atoms with E-state index >= 15 is 0 Å². The van der Waals surface area contributed by atoms with Crippen molar-refractivity contribution in [1.29, 1.82) is 0 Å². The van der Waals surface area contributed by atoms with Gasteiger partial charge in [-0.2, -0.15) is 0 Å². The molecular weight excluding hydrogens is 465 g/mol. The van der Waals surface area contributed by atoms with Gasteiger partial charge in [-0.05, 0) is 54.1 Å². The van der Waals surface area contributed by atoms with Crippen molar-refractivity contribution in [2.24, 2.45) is 0 Å². The van der Waals surface area contributed by atoms with Crippen LogP contribution >= 0.6 is 11.6 Å². The molecule has 4 rings (SSSR count). The number of nitrogens with one attached hydrogen (secondary N) is 1. The molecule has 0 aliphatic carbocycles. The molecule has 0 spiro atoms. The fraction of sp³-hybridized carbons (Fsp3) is 0.208. The number of hydrogen-bond donors (Lipinski definition) is 1. The van der Waals surface area contributed by atoms with Crippen LogP contribution in [0.3, 0.4) is 0 Å². The Hall–Kier alpha value is -2.94. The maximum Gasteiger partial charge on any atom is 0.261 e. The summed E-state index contributed by atoms with van der Waals surface area (Å²) in [7, 11) is -3.97. The van der Waals surface area contributed by atoms with Gasteiger partial charge in [0.25, 0.3) is 15.9 Å². The Labute approximate surface area is 197 Å². The van der Waals surface area contributed by atoms with E-state index in [0.717, 1.165) is 19.6 Å². The lowest BCUT2D eigenvalue weighted by molar-refractivity contribution is 0.0628. The molecule has 0 saturated carbocycles. The number of nitrogens with zero attached hydrogens (tertiary/aromatic N) is 2. The molecule has 1 fully saturated rings. The topological polar surface area (TPSA) is 69.7 Å². The van der Waals surface area contributed by atoms with E-state index in [1.807, 2.05) is 24.3 Å². The van der Waals surface area contributed by atoms with Gasteiger partial charge in [0, 0.05) is 43.3 Å². The summed E-state index contributed by atoms with van der Waals surface area (Å²) in [6, 6.07) is 18.9. The van der Waals surface area contributed by atoms with Crippen LogP contribution in [0.4, 0.5) is 10.1 Å². The summed E-state index contributed by atoms with van der Waals surface area (Å²) >= 11 is 5.93. The van der Waals surface area contributed by atoms with Crippen LogP contribution in [0.1, 0.15) is 15.9 Å². The second-order valence-electron chi connectivity index (χ2n) is 7.80. The van der Waals surface area contributed by atoms with Crippen molar-refractivity contribution in [3.8, 4) is 0 Å². The van der Waals surface area contributed by atoms with Crippen molar-refractivity contribution in [3.63, 3.8) is 0 Å². The number of benzene rings is 3. The first kappa shape index (κ1) is 23.2. The fourth-order valence-electron chi connectivity index (χ4n) is 3.66. The third-order valence-corrected chi connectivity index (χ3v) is 7.14. The molecule has 3 aromatic carbocycles. The van der Waals surface area contributed by atoms with E-state index in [1.165, 1.54) is 54.1 Å². The summed E-state index contributed by atoms with van der Waals surface area (Å²) in [4.78, 5) is 16.9. The van der Waals surface area contributed by atoms with E-state index in [-0.39, 0.29) is 16.5 Å². The number of hydrogen-bond acceptors (Lipinski definition) is 4. The Morgan fingerprint density at radius 2 is 1.55 bits per heavy atom. The highest BCUT2D eigenvalue weighted by Crippen LogP contribution is 2.20.